The van der Waals surface area contributed by atoms with Crippen molar-refractivity contribution in [2.45, 2.75) is 0 Å². The smallest absolute Gasteiger partial charge is 0.0547 e. The molecule has 9 aromatic rings. The van der Waals surface area contributed by atoms with E-state index in [1.54, 1.807) is 0 Å². The Morgan fingerprint density at radius 3 is 1.36 bits per heavy atom. The molecule has 0 amide bonds. The molecule has 0 spiro atoms. The Balaban J connectivity index is 1.36. The maximum Gasteiger partial charge on any atom is 0.0547 e. The highest BCUT2D eigenvalue weighted by Crippen LogP contribution is 2.45. The molecular formula is C44H29N. The molecule has 45 heavy (non-hydrogen) atoms. The minimum absolute atomic E-state index is 1.17. The van der Waals surface area contributed by atoms with Crippen molar-refractivity contribution in [3.05, 3.63) is 176 Å². The van der Waals surface area contributed by atoms with Crippen LogP contribution < -0.4 is 0 Å². The maximum absolute atomic E-state index is 2.41. The zero-order valence-corrected chi connectivity index (χ0v) is 24.7. The summed E-state index contributed by atoms with van der Waals surface area (Å²) in [5.41, 5.74) is 11.1. The Labute approximate surface area is 262 Å². The zero-order chi connectivity index (χ0) is 29.7. The van der Waals surface area contributed by atoms with Gasteiger partial charge in [0.1, 0.15) is 0 Å². The molecule has 0 aliphatic rings. The third-order valence-corrected chi connectivity index (χ3v) is 9.17. The average molecular weight is 572 g/mol. The molecule has 1 aromatic heterocycles. The number of fused-ring (bicyclic) bond motifs is 5. The summed E-state index contributed by atoms with van der Waals surface area (Å²) in [4.78, 5) is 0. The minimum atomic E-state index is 1.17. The first kappa shape index (κ1) is 25.6. The number of aromatic nitrogens is 1. The Hall–Kier alpha value is -5.92. The number of hydrogen-bond donors (Lipinski definition) is 0. The summed E-state index contributed by atoms with van der Waals surface area (Å²) in [6.07, 6.45) is 0. The maximum atomic E-state index is 2.41. The average Bonchev–Trinajstić information content (AvgIpc) is 3.45. The molecule has 1 heterocycles. The van der Waals surface area contributed by atoms with Crippen LogP contribution in [0, 0.1) is 0 Å². The van der Waals surface area contributed by atoms with E-state index in [0.717, 1.165) is 0 Å². The summed E-state index contributed by atoms with van der Waals surface area (Å²) < 4.78 is 2.39. The van der Waals surface area contributed by atoms with Crippen LogP contribution in [0.25, 0.3) is 82.4 Å². The summed E-state index contributed by atoms with van der Waals surface area (Å²) in [5, 5.41) is 7.61. The number of hydrogen-bond acceptors (Lipinski definition) is 0. The number of para-hydroxylation sites is 2. The van der Waals surface area contributed by atoms with Crippen molar-refractivity contribution in [1.82, 2.24) is 4.57 Å². The van der Waals surface area contributed by atoms with Crippen LogP contribution in [-0.2, 0) is 0 Å². The SMILES string of the molecule is c1ccc(-c2c3ccccc3c(-c3ccccc3)c3cc(-c4ccc5c6ccccc6n(-c6ccccc6)c5c4)ccc23)cc1. The van der Waals surface area contributed by atoms with Gasteiger partial charge in [-0.05, 0) is 85.3 Å². The Morgan fingerprint density at radius 1 is 0.267 bits per heavy atom. The van der Waals surface area contributed by atoms with Crippen molar-refractivity contribution >= 4 is 43.4 Å². The quantitative estimate of drug-likeness (QED) is 0.185. The molecule has 0 N–H and O–H groups in total. The molecule has 0 fully saturated rings. The van der Waals surface area contributed by atoms with Crippen molar-refractivity contribution in [3.63, 3.8) is 0 Å². The molecule has 0 aliphatic heterocycles. The van der Waals surface area contributed by atoms with Crippen LogP contribution in [0.1, 0.15) is 0 Å². The molecular weight excluding hydrogens is 542 g/mol. The fourth-order valence-electron chi connectivity index (χ4n) is 7.19. The van der Waals surface area contributed by atoms with Crippen molar-refractivity contribution in [2.75, 3.05) is 0 Å². The van der Waals surface area contributed by atoms with Gasteiger partial charge in [-0.15, -0.1) is 0 Å². The third-order valence-electron chi connectivity index (χ3n) is 9.17. The van der Waals surface area contributed by atoms with E-state index in [2.05, 4.69) is 180 Å². The molecule has 0 atom stereocenters. The molecule has 0 unspecified atom stereocenters. The largest absolute Gasteiger partial charge is 0.309 e. The molecule has 0 saturated carbocycles. The summed E-state index contributed by atoms with van der Waals surface area (Å²) >= 11 is 0. The van der Waals surface area contributed by atoms with E-state index in [0.29, 0.717) is 0 Å². The second-order valence-corrected chi connectivity index (χ2v) is 11.7. The van der Waals surface area contributed by atoms with E-state index in [9.17, 15) is 0 Å². The van der Waals surface area contributed by atoms with Gasteiger partial charge in [-0.25, -0.2) is 0 Å². The predicted octanol–water partition coefficient (Wildman–Crippen LogP) is 12.1. The summed E-state index contributed by atoms with van der Waals surface area (Å²) in [6.45, 7) is 0. The van der Waals surface area contributed by atoms with Gasteiger partial charge in [0.05, 0.1) is 11.0 Å². The van der Waals surface area contributed by atoms with Crippen molar-refractivity contribution < 1.29 is 0 Å². The molecule has 0 radical (unpaired) electrons. The lowest BCUT2D eigenvalue weighted by molar-refractivity contribution is 1.18. The first-order chi connectivity index (χ1) is 22.3. The lowest BCUT2D eigenvalue weighted by Crippen LogP contribution is -1.93. The molecule has 210 valence electrons. The lowest BCUT2D eigenvalue weighted by Gasteiger charge is -2.18. The summed E-state index contributed by atoms with van der Waals surface area (Å²) in [5.74, 6) is 0. The third kappa shape index (κ3) is 4.09. The van der Waals surface area contributed by atoms with Gasteiger partial charge in [0.2, 0.25) is 0 Å². The van der Waals surface area contributed by atoms with E-state index in [1.807, 2.05) is 0 Å². The highest BCUT2D eigenvalue weighted by molar-refractivity contribution is 6.22. The van der Waals surface area contributed by atoms with Crippen LogP contribution in [0.3, 0.4) is 0 Å². The van der Waals surface area contributed by atoms with Crippen molar-refractivity contribution in [1.29, 1.82) is 0 Å². The zero-order valence-electron chi connectivity index (χ0n) is 24.7. The number of rotatable bonds is 4. The number of nitrogens with zero attached hydrogens (tertiary/aromatic N) is 1. The van der Waals surface area contributed by atoms with Gasteiger partial charge >= 0.3 is 0 Å². The Bertz CT molecular complexity index is 2510. The van der Waals surface area contributed by atoms with Crippen LogP contribution >= 0.6 is 0 Å². The van der Waals surface area contributed by atoms with Crippen LogP contribution in [0.15, 0.2) is 176 Å². The second kappa shape index (κ2) is 10.4. The predicted molar refractivity (Wildman–Crippen MR) is 192 cm³/mol. The fourth-order valence-corrected chi connectivity index (χ4v) is 7.19. The summed E-state index contributed by atoms with van der Waals surface area (Å²) in [6, 6.07) is 63.9. The van der Waals surface area contributed by atoms with Gasteiger partial charge in [0, 0.05) is 16.5 Å². The Morgan fingerprint density at radius 2 is 0.711 bits per heavy atom. The first-order valence-corrected chi connectivity index (χ1v) is 15.5. The Kier molecular flexibility index (Phi) is 5.89. The fraction of sp³-hybridized carbons (Fsp3) is 0. The van der Waals surface area contributed by atoms with Gasteiger partial charge in [-0.1, -0.05) is 146 Å². The monoisotopic (exact) mass is 571 g/mol. The van der Waals surface area contributed by atoms with E-state index >= 15 is 0 Å². The van der Waals surface area contributed by atoms with E-state index in [-0.39, 0.29) is 0 Å². The summed E-state index contributed by atoms with van der Waals surface area (Å²) in [7, 11) is 0. The standard InChI is InChI=1S/C44H29N/c1-4-14-30(15-5-1)43-37-21-10-11-22-38(37)44(31-16-6-2-7-17-31)40-28-32(25-27-39(40)43)33-24-26-36-35-20-12-13-23-41(35)45(42(36)29-33)34-18-8-3-9-19-34/h1-29H. The lowest BCUT2D eigenvalue weighted by atomic mass is 9.85. The highest BCUT2D eigenvalue weighted by atomic mass is 15.0. The van der Waals surface area contributed by atoms with Crippen LogP contribution in [-0.4, -0.2) is 4.57 Å². The van der Waals surface area contributed by atoms with Crippen LogP contribution in [0.2, 0.25) is 0 Å². The molecule has 0 bridgehead atoms. The first-order valence-electron chi connectivity index (χ1n) is 15.5. The van der Waals surface area contributed by atoms with Gasteiger partial charge < -0.3 is 4.57 Å². The molecule has 1 heteroatoms. The van der Waals surface area contributed by atoms with Gasteiger partial charge in [-0.3, -0.25) is 0 Å². The van der Waals surface area contributed by atoms with E-state index in [1.165, 1.54) is 82.4 Å². The number of benzene rings is 8. The topological polar surface area (TPSA) is 4.93 Å². The molecule has 1 nitrogen and oxygen atoms in total. The van der Waals surface area contributed by atoms with E-state index in [4.69, 9.17) is 0 Å². The van der Waals surface area contributed by atoms with Gasteiger partial charge in [0.25, 0.3) is 0 Å². The van der Waals surface area contributed by atoms with Gasteiger partial charge in [0.15, 0.2) is 0 Å². The molecule has 8 aromatic carbocycles. The molecule has 0 saturated heterocycles. The van der Waals surface area contributed by atoms with Crippen molar-refractivity contribution in [2.24, 2.45) is 0 Å². The highest BCUT2D eigenvalue weighted by Gasteiger charge is 2.18. The molecule has 0 aliphatic carbocycles. The van der Waals surface area contributed by atoms with Crippen molar-refractivity contribution in [3.8, 4) is 39.1 Å². The van der Waals surface area contributed by atoms with E-state index < -0.39 is 0 Å². The molecule has 9 rings (SSSR count). The minimum Gasteiger partial charge on any atom is -0.309 e. The normalized spacial score (nSPS) is 11.6. The second-order valence-electron chi connectivity index (χ2n) is 11.7. The van der Waals surface area contributed by atoms with Crippen LogP contribution in [0.4, 0.5) is 0 Å². The van der Waals surface area contributed by atoms with Crippen LogP contribution in [0.5, 0.6) is 0 Å². The van der Waals surface area contributed by atoms with Gasteiger partial charge in [-0.2, -0.15) is 0 Å².